The Morgan fingerprint density at radius 3 is 3.17 bits per heavy atom. The van der Waals surface area contributed by atoms with Gasteiger partial charge in [-0.2, -0.15) is 0 Å². The van der Waals surface area contributed by atoms with Crippen molar-refractivity contribution in [1.29, 1.82) is 0 Å². The van der Waals surface area contributed by atoms with Gasteiger partial charge < -0.3 is 0 Å². The number of aromatic nitrogens is 2. The molecule has 0 bridgehead atoms. The predicted octanol–water partition coefficient (Wildman–Crippen LogP) is 0.683. The van der Waals surface area contributed by atoms with Gasteiger partial charge in [0.25, 0.3) is 0 Å². The SMILES string of the molecule is O[C@@H]1CCCCCc2[se]nnc21. The zero-order valence-corrected chi connectivity index (χ0v) is 8.58. The standard InChI is InChI=1S/C8H12N2OSe/c11-6-4-2-1-3-5-7-8(6)9-10-12-7/h6,11H,1-5H2/t6-/m1/s1. The van der Waals surface area contributed by atoms with Crippen LogP contribution in [0.4, 0.5) is 0 Å². The predicted molar refractivity (Wildman–Crippen MR) is 46.1 cm³/mol. The topological polar surface area (TPSA) is 46.0 Å². The molecule has 0 aromatic carbocycles. The summed E-state index contributed by atoms with van der Waals surface area (Å²) in [5.41, 5.74) is 0.898. The Labute approximate surface area is 77.8 Å². The van der Waals surface area contributed by atoms with E-state index in [1.807, 2.05) is 0 Å². The van der Waals surface area contributed by atoms with Crippen LogP contribution in [-0.2, 0) is 6.42 Å². The van der Waals surface area contributed by atoms with Crippen LogP contribution in [0.1, 0.15) is 41.9 Å². The summed E-state index contributed by atoms with van der Waals surface area (Å²) in [5.74, 6) is 0. The molecule has 1 aliphatic rings. The Balaban J connectivity index is 2.25. The van der Waals surface area contributed by atoms with Gasteiger partial charge in [-0.15, -0.1) is 0 Å². The van der Waals surface area contributed by atoms with Crippen molar-refractivity contribution >= 4 is 14.7 Å². The molecule has 66 valence electrons. The molecule has 1 aromatic heterocycles. The third-order valence-corrected chi connectivity index (χ3v) is 3.95. The van der Waals surface area contributed by atoms with Crippen molar-refractivity contribution in [2.75, 3.05) is 0 Å². The van der Waals surface area contributed by atoms with Gasteiger partial charge in [-0.3, -0.25) is 0 Å². The van der Waals surface area contributed by atoms with E-state index >= 15 is 0 Å². The van der Waals surface area contributed by atoms with Crippen molar-refractivity contribution in [3.63, 3.8) is 0 Å². The van der Waals surface area contributed by atoms with E-state index < -0.39 is 0 Å². The van der Waals surface area contributed by atoms with Crippen molar-refractivity contribution in [3.05, 3.63) is 10.1 Å². The van der Waals surface area contributed by atoms with Gasteiger partial charge in [0.2, 0.25) is 0 Å². The summed E-state index contributed by atoms with van der Waals surface area (Å²) in [7, 11) is 0. The van der Waals surface area contributed by atoms with E-state index in [1.54, 1.807) is 0 Å². The Morgan fingerprint density at radius 2 is 2.25 bits per heavy atom. The van der Waals surface area contributed by atoms with E-state index in [0.717, 1.165) is 25.0 Å². The van der Waals surface area contributed by atoms with Gasteiger partial charge in [0, 0.05) is 0 Å². The van der Waals surface area contributed by atoms with Crippen molar-refractivity contribution in [2.24, 2.45) is 0 Å². The summed E-state index contributed by atoms with van der Waals surface area (Å²) in [5, 5.41) is 13.7. The van der Waals surface area contributed by atoms with Gasteiger partial charge in [-0.05, 0) is 0 Å². The van der Waals surface area contributed by atoms with Crippen LogP contribution in [-0.4, -0.2) is 29.0 Å². The average Bonchev–Trinajstić information content (AvgIpc) is 2.47. The van der Waals surface area contributed by atoms with Crippen LogP contribution in [0.15, 0.2) is 0 Å². The van der Waals surface area contributed by atoms with Crippen LogP contribution in [0, 0.1) is 0 Å². The number of fused-ring (bicyclic) bond motifs is 1. The first-order chi connectivity index (χ1) is 5.88. The fourth-order valence-electron chi connectivity index (χ4n) is 1.58. The summed E-state index contributed by atoms with van der Waals surface area (Å²) in [6, 6.07) is 0. The fraction of sp³-hybridized carbons (Fsp3) is 0.750. The molecule has 1 aromatic rings. The third kappa shape index (κ3) is 1.60. The monoisotopic (exact) mass is 232 g/mol. The van der Waals surface area contributed by atoms with Crippen LogP contribution in [0.2, 0.25) is 0 Å². The van der Waals surface area contributed by atoms with Gasteiger partial charge >= 0.3 is 77.4 Å². The Morgan fingerprint density at radius 1 is 1.33 bits per heavy atom. The molecule has 1 heterocycles. The molecule has 1 atom stereocenters. The van der Waals surface area contributed by atoms with Gasteiger partial charge in [0.05, 0.1) is 0 Å². The molecular weight excluding hydrogens is 219 g/mol. The quantitative estimate of drug-likeness (QED) is 0.668. The number of aliphatic hydroxyl groups is 1. The Bertz CT molecular complexity index is 261. The maximum absolute atomic E-state index is 9.68. The molecule has 2 rings (SSSR count). The minimum atomic E-state index is -0.326. The molecule has 4 heteroatoms. The second-order valence-electron chi connectivity index (χ2n) is 3.20. The Kier molecular flexibility index (Phi) is 2.59. The van der Waals surface area contributed by atoms with Crippen LogP contribution in [0.3, 0.4) is 0 Å². The molecule has 12 heavy (non-hydrogen) atoms. The summed E-state index contributed by atoms with van der Waals surface area (Å²) >= 11 is 0.202. The molecule has 0 amide bonds. The molecule has 0 spiro atoms. The molecule has 3 nitrogen and oxygen atoms in total. The number of aryl methyl sites for hydroxylation is 1. The zero-order valence-electron chi connectivity index (χ0n) is 6.86. The van der Waals surface area contributed by atoms with Crippen LogP contribution < -0.4 is 0 Å². The first-order valence-corrected chi connectivity index (χ1v) is 5.99. The number of hydrogen-bond acceptors (Lipinski definition) is 3. The van der Waals surface area contributed by atoms with Crippen molar-refractivity contribution < 1.29 is 5.11 Å². The van der Waals surface area contributed by atoms with E-state index in [-0.39, 0.29) is 20.8 Å². The van der Waals surface area contributed by atoms with E-state index in [0.29, 0.717) is 0 Å². The van der Waals surface area contributed by atoms with Gasteiger partial charge in [0.15, 0.2) is 0 Å². The molecule has 1 N–H and O–H groups in total. The fourth-order valence-corrected chi connectivity index (χ4v) is 3.12. The van der Waals surface area contributed by atoms with Gasteiger partial charge in [0.1, 0.15) is 0 Å². The second kappa shape index (κ2) is 3.69. The molecule has 0 unspecified atom stereocenters. The number of nitrogens with zero attached hydrogens (tertiary/aromatic N) is 2. The van der Waals surface area contributed by atoms with Crippen LogP contribution >= 0.6 is 0 Å². The summed E-state index contributed by atoms with van der Waals surface area (Å²) in [6.45, 7) is 0. The number of hydrogen-bond donors (Lipinski definition) is 1. The molecule has 0 aliphatic heterocycles. The first kappa shape index (κ1) is 8.42. The normalized spacial score (nSPS) is 24.2. The van der Waals surface area contributed by atoms with E-state index in [2.05, 4.69) is 9.19 Å². The van der Waals surface area contributed by atoms with Crippen LogP contribution in [0.5, 0.6) is 0 Å². The third-order valence-electron chi connectivity index (χ3n) is 2.28. The number of aliphatic hydroxyl groups excluding tert-OH is 1. The second-order valence-corrected chi connectivity index (χ2v) is 4.96. The minimum absolute atomic E-state index is 0.202. The zero-order chi connectivity index (χ0) is 8.39. The number of rotatable bonds is 0. The van der Waals surface area contributed by atoms with Crippen LogP contribution in [0.25, 0.3) is 0 Å². The molecular formula is C8H12N2OSe. The molecule has 0 saturated heterocycles. The van der Waals surface area contributed by atoms with E-state index in [1.165, 1.54) is 17.3 Å². The van der Waals surface area contributed by atoms with E-state index in [4.69, 9.17) is 0 Å². The molecule has 1 aliphatic carbocycles. The molecule has 0 saturated carbocycles. The van der Waals surface area contributed by atoms with E-state index in [9.17, 15) is 5.11 Å². The van der Waals surface area contributed by atoms with Gasteiger partial charge in [-0.25, -0.2) is 0 Å². The van der Waals surface area contributed by atoms with Crippen molar-refractivity contribution in [2.45, 2.75) is 38.2 Å². The summed E-state index contributed by atoms with van der Waals surface area (Å²) < 4.78 is 5.34. The van der Waals surface area contributed by atoms with Crippen molar-refractivity contribution in [3.8, 4) is 0 Å². The Hall–Kier alpha value is -0.181. The van der Waals surface area contributed by atoms with Crippen molar-refractivity contribution in [1.82, 2.24) is 9.19 Å². The summed E-state index contributed by atoms with van der Waals surface area (Å²) in [6.07, 6.45) is 5.27. The molecule has 0 radical (unpaired) electrons. The maximum atomic E-state index is 9.68. The summed E-state index contributed by atoms with van der Waals surface area (Å²) in [4.78, 5) is 0. The average molecular weight is 231 g/mol. The molecule has 0 fully saturated rings. The van der Waals surface area contributed by atoms with Gasteiger partial charge in [-0.1, -0.05) is 0 Å². The first-order valence-electron chi connectivity index (χ1n) is 4.37.